The molecule has 1 N–H and O–H groups in total. The zero-order valence-electron chi connectivity index (χ0n) is 22.8. The first-order chi connectivity index (χ1) is 18.8. The van der Waals surface area contributed by atoms with Gasteiger partial charge in [-0.1, -0.05) is 26.0 Å². The minimum absolute atomic E-state index is 0.0657. The number of alkyl halides is 3. The highest BCUT2D eigenvalue weighted by Crippen LogP contribution is 2.35. The molecule has 1 aliphatic heterocycles. The van der Waals surface area contributed by atoms with Gasteiger partial charge in [0.05, 0.1) is 10.6 Å². The largest absolute Gasteiger partial charge is 0.573 e. The molecule has 1 saturated carbocycles. The summed E-state index contributed by atoms with van der Waals surface area (Å²) in [6.45, 7) is 4.47. The Kier molecular flexibility index (Phi) is 9.57. The summed E-state index contributed by atoms with van der Waals surface area (Å²) >= 11 is 1.54. The first-order valence-corrected chi connectivity index (χ1v) is 16.2. The van der Waals surface area contributed by atoms with Gasteiger partial charge >= 0.3 is 6.36 Å². The Morgan fingerprint density at radius 3 is 2.48 bits per heavy atom. The number of amides is 1. The van der Waals surface area contributed by atoms with Crippen molar-refractivity contribution in [3.05, 3.63) is 60.2 Å². The monoisotopic (exact) mass is 596 g/mol. The Labute approximate surface area is 238 Å². The molecule has 0 bridgehead atoms. The maximum Gasteiger partial charge on any atom is 0.573 e. The standard InChI is InChI=1S/C29H35F3N2O4S2/c1-19(2)33-23-7-12-27(22(15-23)18-40(36,37)26-10-8-25(39-3)9-11-26)34-14-13-21(17-28(34)35)20-5-4-6-24(16-20)38-29(30,31)32/h4-6,8-11,16-17,19,22-23,27,33H,7,12-15,18H2,1-3H3/t22-,23+,27?/m0/s1. The van der Waals surface area contributed by atoms with Gasteiger partial charge in [-0.25, -0.2) is 8.42 Å². The molecule has 2 aromatic rings. The molecule has 2 aromatic carbocycles. The summed E-state index contributed by atoms with van der Waals surface area (Å²) in [6.07, 6.45) is 1.14. The zero-order chi connectivity index (χ0) is 29.1. The molecule has 1 aliphatic carbocycles. The second kappa shape index (κ2) is 12.6. The maximum absolute atomic E-state index is 13.5. The lowest BCUT2D eigenvalue weighted by molar-refractivity contribution is -0.274. The molecule has 0 saturated heterocycles. The van der Waals surface area contributed by atoms with Crippen LogP contribution in [0.5, 0.6) is 5.75 Å². The van der Waals surface area contributed by atoms with Crippen molar-refractivity contribution in [3.8, 4) is 5.75 Å². The van der Waals surface area contributed by atoms with E-state index in [9.17, 15) is 26.4 Å². The molecule has 1 amide bonds. The number of ether oxygens (including phenoxy) is 1. The van der Waals surface area contributed by atoms with E-state index in [4.69, 9.17) is 0 Å². The fourth-order valence-electron chi connectivity index (χ4n) is 5.73. The highest BCUT2D eigenvalue weighted by atomic mass is 32.2. The van der Waals surface area contributed by atoms with Crippen molar-refractivity contribution in [2.75, 3.05) is 18.6 Å². The van der Waals surface area contributed by atoms with Crippen molar-refractivity contribution in [1.82, 2.24) is 10.2 Å². The zero-order valence-corrected chi connectivity index (χ0v) is 24.4. The number of carbonyl (C=O) groups is 1. The molecule has 0 aromatic heterocycles. The van der Waals surface area contributed by atoms with Crippen molar-refractivity contribution < 1.29 is 31.1 Å². The average molecular weight is 597 g/mol. The summed E-state index contributed by atoms with van der Waals surface area (Å²) in [5, 5.41) is 3.53. The van der Waals surface area contributed by atoms with Crippen molar-refractivity contribution in [2.45, 2.75) is 73.8 Å². The Bertz CT molecular complexity index is 1330. The number of carbonyl (C=O) groups excluding carboxylic acids is 1. The summed E-state index contributed by atoms with van der Waals surface area (Å²) in [5.74, 6) is -0.926. The molecule has 40 heavy (non-hydrogen) atoms. The molecule has 3 atom stereocenters. The number of sulfone groups is 1. The lowest BCUT2D eigenvalue weighted by Gasteiger charge is -2.44. The van der Waals surface area contributed by atoms with E-state index in [1.165, 1.54) is 24.3 Å². The summed E-state index contributed by atoms with van der Waals surface area (Å²) in [4.78, 5) is 16.4. The second-order valence-corrected chi connectivity index (χ2v) is 13.6. The summed E-state index contributed by atoms with van der Waals surface area (Å²) in [6, 6.07) is 12.6. The Balaban J connectivity index is 1.55. The normalized spacial score (nSPS) is 22.4. The van der Waals surface area contributed by atoms with Gasteiger partial charge in [0.15, 0.2) is 9.84 Å². The molecule has 0 spiro atoms. The van der Waals surface area contributed by atoms with Crippen molar-refractivity contribution in [2.24, 2.45) is 5.92 Å². The van der Waals surface area contributed by atoms with Crippen LogP contribution in [-0.4, -0.2) is 62.3 Å². The van der Waals surface area contributed by atoms with Gasteiger partial charge in [0.1, 0.15) is 5.75 Å². The second-order valence-electron chi connectivity index (χ2n) is 10.6. The van der Waals surface area contributed by atoms with Gasteiger partial charge in [0.25, 0.3) is 0 Å². The minimum Gasteiger partial charge on any atom is -0.406 e. The van der Waals surface area contributed by atoms with E-state index in [1.807, 2.05) is 6.26 Å². The molecule has 1 heterocycles. The molecule has 2 aliphatic rings. The Morgan fingerprint density at radius 1 is 1.12 bits per heavy atom. The van der Waals surface area contributed by atoms with E-state index in [2.05, 4.69) is 23.9 Å². The predicted octanol–water partition coefficient (Wildman–Crippen LogP) is 5.93. The van der Waals surface area contributed by atoms with Crippen molar-refractivity contribution in [1.29, 1.82) is 0 Å². The van der Waals surface area contributed by atoms with Gasteiger partial charge < -0.3 is 15.0 Å². The van der Waals surface area contributed by atoms with E-state index in [0.717, 1.165) is 11.3 Å². The molecular formula is C29H35F3N2O4S2. The molecule has 11 heteroatoms. The van der Waals surface area contributed by atoms with Gasteiger partial charge in [-0.2, -0.15) is 0 Å². The van der Waals surface area contributed by atoms with Gasteiger partial charge in [0.2, 0.25) is 5.91 Å². The summed E-state index contributed by atoms with van der Waals surface area (Å²) < 4.78 is 69.0. The highest BCUT2D eigenvalue weighted by molar-refractivity contribution is 7.98. The lowest BCUT2D eigenvalue weighted by atomic mass is 9.80. The fraction of sp³-hybridized carbons (Fsp3) is 0.483. The fourth-order valence-corrected chi connectivity index (χ4v) is 7.80. The summed E-state index contributed by atoms with van der Waals surface area (Å²) in [5.41, 5.74) is 1.12. The van der Waals surface area contributed by atoms with Gasteiger partial charge in [-0.05, 0) is 85.4 Å². The number of nitrogens with one attached hydrogen (secondary N) is 1. The number of nitrogens with zero attached hydrogens (tertiary/aromatic N) is 1. The van der Waals surface area contributed by atoms with Gasteiger partial charge in [-0.15, -0.1) is 24.9 Å². The Morgan fingerprint density at radius 2 is 1.85 bits per heavy atom. The van der Waals surface area contributed by atoms with E-state index < -0.39 is 16.2 Å². The summed E-state index contributed by atoms with van der Waals surface area (Å²) in [7, 11) is -3.60. The number of halogens is 3. The van der Waals surface area contributed by atoms with Crippen LogP contribution < -0.4 is 10.1 Å². The maximum atomic E-state index is 13.5. The predicted molar refractivity (Wildman–Crippen MR) is 151 cm³/mol. The van der Waals surface area contributed by atoms with E-state index in [0.29, 0.717) is 36.9 Å². The Hall–Kier alpha value is -2.50. The van der Waals surface area contributed by atoms with E-state index in [-0.39, 0.29) is 46.3 Å². The van der Waals surface area contributed by atoms with Crippen molar-refractivity contribution >= 4 is 33.1 Å². The van der Waals surface area contributed by atoms with Crippen LogP contribution in [0.1, 0.15) is 45.1 Å². The highest BCUT2D eigenvalue weighted by Gasteiger charge is 2.39. The molecule has 1 unspecified atom stereocenters. The van der Waals surface area contributed by atoms with Crippen LogP contribution >= 0.6 is 11.8 Å². The van der Waals surface area contributed by atoms with Crippen LogP contribution in [0, 0.1) is 5.92 Å². The van der Waals surface area contributed by atoms with E-state index in [1.54, 1.807) is 47.0 Å². The number of hydrogen-bond acceptors (Lipinski definition) is 6. The van der Waals surface area contributed by atoms with Crippen LogP contribution in [0.4, 0.5) is 13.2 Å². The molecule has 4 rings (SSSR count). The first kappa shape index (κ1) is 30.5. The molecule has 218 valence electrons. The third kappa shape index (κ3) is 7.82. The molecule has 1 fully saturated rings. The third-order valence-electron chi connectivity index (χ3n) is 7.40. The van der Waals surface area contributed by atoms with Crippen LogP contribution in [0.15, 0.2) is 64.4 Å². The number of benzene rings is 2. The van der Waals surface area contributed by atoms with Crippen molar-refractivity contribution in [3.63, 3.8) is 0 Å². The topological polar surface area (TPSA) is 75.7 Å². The van der Waals surface area contributed by atoms with Crippen LogP contribution in [0.25, 0.3) is 5.57 Å². The number of rotatable bonds is 9. The smallest absolute Gasteiger partial charge is 0.406 e. The van der Waals surface area contributed by atoms with Gasteiger partial charge in [0, 0.05) is 35.6 Å². The van der Waals surface area contributed by atoms with Crippen LogP contribution in [-0.2, 0) is 14.6 Å². The molecular weight excluding hydrogens is 561 g/mol. The van der Waals surface area contributed by atoms with E-state index >= 15 is 0 Å². The minimum atomic E-state index is -4.80. The molecule has 0 radical (unpaired) electrons. The number of thioether (sulfide) groups is 1. The lowest BCUT2D eigenvalue weighted by Crippen LogP contribution is -2.53. The quantitative estimate of drug-likeness (QED) is 0.362. The van der Waals surface area contributed by atoms with Crippen LogP contribution in [0.3, 0.4) is 0 Å². The van der Waals surface area contributed by atoms with Gasteiger partial charge in [-0.3, -0.25) is 4.79 Å². The molecule has 6 nitrogen and oxygen atoms in total. The number of hydrogen-bond donors (Lipinski definition) is 1. The third-order valence-corrected chi connectivity index (χ3v) is 10.0. The first-order valence-electron chi connectivity index (χ1n) is 13.3. The average Bonchev–Trinajstić information content (AvgIpc) is 2.88. The SMILES string of the molecule is CSc1ccc(S(=O)(=O)C[C@@H]2C[C@H](NC(C)C)CCC2N2CCC(c3cccc(OC(F)(F)F)c3)=CC2=O)cc1. The van der Waals surface area contributed by atoms with Crippen LogP contribution in [0.2, 0.25) is 0 Å².